The minimum atomic E-state index is 0.219. The lowest BCUT2D eigenvalue weighted by molar-refractivity contribution is 0.392. The van der Waals surface area contributed by atoms with Crippen LogP contribution in [0.2, 0.25) is 5.28 Å². The molecule has 20 heavy (non-hydrogen) atoms. The second-order valence-electron chi connectivity index (χ2n) is 5.01. The summed E-state index contributed by atoms with van der Waals surface area (Å²) >= 11 is 6.02. The SMILES string of the molecule is CCC1CCN(c2nc(Cl)nc(-n3ccnc3)n2)CC1. The number of rotatable bonds is 3. The molecule has 0 N–H and O–H groups in total. The van der Waals surface area contributed by atoms with E-state index in [1.54, 1.807) is 23.3 Å². The summed E-state index contributed by atoms with van der Waals surface area (Å²) in [7, 11) is 0. The van der Waals surface area contributed by atoms with Gasteiger partial charge in [-0.15, -0.1) is 0 Å². The molecule has 0 bridgehead atoms. The first-order chi connectivity index (χ1) is 9.76. The fourth-order valence-electron chi connectivity index (χ4n) is 2.51. The molecule has 0 unspecified atom stereocenters. The average Bonchev–Trinajstić information content (AvgIpc) is 3.01. The molecule has 3 heterocycles. The van der Waals surface area contributed by atoms with Crippen LogP contribution < -0.4 is 4.90 Å². The van der Waals surface area contributed by atoms with Crippen LogP contribution in [0.4, 0.5) is 5.95 Å². The number of halogens is 1. The Balaban J connectivity index is 1.83. The van der Waals surface area contributed by atoms with E-state index in [1.165, 1.54) is 19.3 Å². The quantitative estimate of drug-likeness (QED) is 0.869. The van der Waals surface area contributed by atoms with Gasteiger partial charge in [0.1, 0.15) is 6.33 Å². The lowest BCUT2D eigenvalue weighted by atomic mass is 9.95. The lowest BCUT2D eigenvalue weighted by Gasteiger charge is -2.31. The second-order valence-corrected chi connectivity index (χ2v) is 5.35. The summed E-state index contributed by atoms with van der Waals surface area (Å²) in [5.41, 5.74) is 0. The Morgan fingerprint density at radius 1 is 1.20 bits per heavy atom. The van der Waals surface area contributed by atoms with E-state index in [1.807, 2.05) is 0 Å². The number of nitrogens with zero attached hydrogens (tertiary/aromatic N) is 6. The zero-order valence-corrected chi connectivity index (χ0v) is 12.2. The van der Waals surface area contributed by atoms with Crippen LogP contribution in [0.5, 0.6) is 0 Å². The molecule has 6 nitrogen and oxygen atoms in total. The van der Waals surface area contributed by atoms with E-state index in [2.05, 4.69) is 31.8 Å². The monoisotopic (exact) mass is 292 g/mol. The van der Waals surface area contributed by atoms with Crippen molar-refractivity contribution in [2.24, 2.45) is 5.92 Å². The highest BCUT2D eigenvalue weighted by Crippen LogP contribution is 2.23. The number of imidazole rings is 1. The topological polar surface area (TPSA) is 59.7 Å². The fourth-order valence-corrected chi connectivity index (χ4v) is 2.66. The van der Waals surface area contributed by atoms with Gasteiger partial charge in [0.05, 0.1) is 0 Å². The van der Waals surface area contributed by atoms with E-state index < -0.39 is 0 Å². The molecule has 0 amide bonds. The van der Waals surface area contributed by atoms with E-state index in [4.69, 9.17) is 11.6 Å². The van der Waals surface area contributed by atoms with E-state index in [-0.39, 0.29) is 5.28 Å². The molecule has 0 aliphatic carbocycles. The molecule has 1 fully saturated rings. The summed E-state index contributed by atoms with van der Waals surface area (Å²) in [6.45, 7) is 4.20. The first-order valence-electron chi connectivity index (χ1n) is 6.91. The Morgan fingerprint density at radius 2 is 1.95 bits per heavy atom. The summed E-state index contributed by atoms with van der Waals surface area (Å²) in [6, 6.07) is 0. The van der Waals surface area contributed by atoms with Crippen molar-refractivity contribution in [1.82, 2.24) is 24.5 Å². The zero-order chi connectivity index (χ0) is 13.9. The van der Waals surface area contributed by atoms with Crippen molar-refractivity contribution in [2.75, 3.05) is 18.0 Å². The number of aromatic nitrogens is 5. The number of piperidine rings is 1. The summed E-state index contributed by atoms with van der Waals surface area (Å²) in [5, 5.41) is 0.219. The highest BCUT2D eigenvalue weighted by Gasteiger charge is 2.21. The van der Waals surface area contributed by atoms with Crippen molar-refractivity contribution >= 4 is 17.5 Å². The molecule has 0 atom stereocenters. The third kappa shape index (κ3) is 2.75. The number of hydrogen-bond acceptors (Lipinski definition) is 5. The molecule has 106 valence electrons. The van der Waals surface area contributed by atoms with Gasteiger partial charge < -0.3 is 4.90 Å². The molecular weight excluding hydrogens is 276 g/mol. The maximum Gasteiger partial charge on any atom is 0.241 e. The summed E-state index contributed by atoms with van der Waals surface area (Å²) in [6.07, 6.45) is 8.73. The molecule has 3 rings (SSSR count). The van der Waals surface area contributed by atoms with Crippen LogP contribution in [0.25, 0.3) is 5.95 Å². The Labute approximate surface area is 122 Å². The molecule has 2 aromatic rings. The van der Waals surface area contributed by atoms with Gasteiger partial charge in [0.2, 0.25) is 17.2 Å². The smallest absolute Gasteiger partial charge is 0.241 e. The van der Waals surface area contributed by atoms with Gasteiger partial charge >= 0.3 is 0 Å². The van der Waals surface area contributed by atoms with Gasteiger partial charge in [-0.3, -0.25) is 4.57 Å². The first kappa shape index (κ1) is 13.3. The van der Waals surface area contributed by atoms with Gasteiger partial charge in [-0.1, -0.05) is 13.3 Å². The molecule has 0 saturated carbocycles. The molecular formula is C13H17ClN6. The third-order valence-electron chi connectivity index (χ3n) is 3.79. The minimum absolute atomic E-state index is 0.219. The van der Waals surface area contributed by atoms with Crippen LogP contribution in [-0.2, 0) is 0 Å². The van der Waals surface area contributed by atoms with E-state index >= 15 is 0 Å². The van der Waals surface area contributed by atoms with Crippen molar-refractivity contribution in [2.45, 2.75) is 26.2 Å². The molecule has 0 radical (unpaired) electrons. The summed E-state index contributed by atoms with van der Waals surface area (Å²) < 4.78 is 1.73. The maximum atomic E-state index is 6.02. The van der Waals surface area contributed by atoms with Gasteiger partial charge in [0.15, 0.2) is 0 Å². The molecule has 1 aliphatic heterocycles. The predicted octanol–water partition coefficient (Wildman–Crippen LogP) is 2.34. The maximum absolute atomic E-state index is 6.02. The van der Waals surface area contributed by atoms with E-state index in [9.17, 15) is 0 Å². The van der Waals surface area contributed by atoms with Crippen molar-refractivity contribution in [3.8, 4) is 5.95 Å². The second kappa shape index (κ2) is 5.75. The van der Waals surface area contributed by atoms with Crippen molar-refractivity contribution in [3.63, 3.8) is 0 Å². The molecule has 2 aromatic heterocycles. The normalized spacial score (nSPS) is 16.6. The first-order valence-corrected chi connectivity index (χ1v) is 7.29. The van der Waals surface area contributed by atoms with Gasteiger partial charge in [0.25, 0.3) is 0 Å². The number of anilines is 1. The minimum Gasteiger partial charge on any atom is -0.341 e. The van der Waals surface area contributed by atoms with Crippen LogP contribution in [0.15, 0.2) is 18.7 Å². The summed E-state index contributed by atoms with van der Waals surface area (Å²) in [4.78, 5) is 19.1. The van der Waals surface area contributed by atoms with Gasteiger partial charge in [-0.05, 0) is 30.4 Å². The molecule has 0 spiro atoms. The third-order valence-corrected chi connectivity index (χ3v) is 3.96. The van der Waals surface area contributed by atoms with E-state index in [0.29, 0.717) is 11.9 Å². The van der Waals surface area contributed by atoms with Crippen molar-refractivity contribution in [1.29, 1.82) is 0 Å². The lowest BCUT2D eigenvalue weighted by Crippen LogP contribution is -2.35. The Morgan fingerprint density at radius 3 is 2.60 bits per heavy atom. The van der Waals surface area contributed by atoms with Crippen molar-refractivity contribution in [3.05, 3.63) is 24.0 Å². The van der Waals surface area contributed by atoms with Gasteiger partial charge in [0, 0.05) is 25.5 Å². The fraction of sp³-hybridized carbons (Fsp3) is 0.538. The Kier molecular flexibility index (Phi) is 3.82. The Hall–Kier alpha value is -1.69. The Bertz CT molecular complexity index is 562. The van der Waals surface area contributed by atoms with Gasteiger partial charge in [-0.25, -0.2) is 4.98 Å². The largest absolute Gasteiger partial charge is 0.341 e. The predicted molar refractivity (Wildman–Crippen MR) is 77.2 cm³/mol. The van der Waals surface area contributed by atoms with Gasteiger partial charge in [-0.2, -0.15) is 15.0 Å². The van der Waals surface area contributed by atoms with Crippen LogP contribution >= 0.6 is 11.6 Å². The molecule has 0 aromatic carbocycles. The highest BCUT2D eigenvalue weighted by atomic mass is 35.5. The average molecular weight is 293 g/mol. The van der Waals surface area contributed by atoms with Crippen LogP contribution in [0.3, 0.4) is 0 Å². The highest BCUT2D eigenvalue weighted by molar-refractivity contribution is 6.28. The van der Waals surface area contributed by atoms with Crippen LogP contribution in [0.1, 0.15) is 26.2 Å². The molecule has 7 heteroatoms. The molecule has 1 aliphatic rings. The number of hydrogen-bond donors (Lipinski definition) is 0. The zero-order valence-electron chi connectivity index (χ0n) is 11.4. The van der Waals surface area contributed by atoms with Crippen LogP contribution in [-0.4, -0.2) is 37.6 Å². The molecule has 1 saturated heterocycles. The van der Waals surface area contributed by atoms with E-state index in [0.717, 1.165) is 19.0 Å². The summed E-state index contributed by atoms with van der Waals surface area (Å²) in [5.74, 6) is 1.98. The van der Waals surface area contributed by atoms with Crippen molar-refractivity contribution < 1.29 is 0 Å². The van der Waals surface area contributed by atoms with Crippen LogP contribution in [0, 0.1) is 5.92 Å². The standard InChI is InChI=1S/C13H17ClN6/c1-2-10-3-6-19(7-4-10)12-16-11(14)17-13(18-12)20-8-5-15-9-20/h5,8-10H,2-4,6-7H2,1H3.